The van der Waals surface area contributed by atoms with Crippen LogP contribution in [0.1, 0.15) is 12.3 Å². The summed E-state index contributed by atoms with van der Waals surface area (Å²) in [5.74, 6) is 0.817. The zero-order chi connectivity index (χ0) is 18.5. The Morgan fingerprint density at radius 3 is 2.73 bits per heavy atom. The van der Waals surface area contributed by atoms with E-state index in [4.69, 9.17) is 4.42 Å². The lowest BCUT2D eigenvalue weighted by atomic mass is 10.2. The zero-order valence-corrected chi connectivity index (χ0v) is 15.1. The number of hydrogen-bond donors (Lipinski definition) is 1. The molecule has 0 aliphatic heterocycles. The third kappa shape index (κ3) is 4.54. The van der Waals surface area contributed by atoms with Gasteiger partial charge in [-0.15, -0.1) is 0 Å². The summed E-state index contributed by atoms with van der Waals surface area (Å²) in [7, 11) is 0. The number of nitro benzene ring substituents is 1. The number of aryl methyl sites for hydroxylation is 1. The Morgan fingerprint density at radius 1 is 1.23 bits per heavy atom. The number of oxazole rings is 1. The van der Waals surface area contributed by atoms with Crippen molar-refractivity contribution in [2.75, 3.05) is 5.32 Å². The summed E-state index contributed by atoms with van der Waals surface area (Å²) in [6, 6.07) is 13.4. The summed E-state index contributed by atoms with van der Waals surface area (Å²) < 4.78 is 6.64. The van der Waals surface area contributed by atoms with Crippen LogP contribution in [0.25, 0.3) is 11.3 Å². The van der Waals surface area contributed by atoms with E-state index in [2.05, 4.69) is 26.2 Å². The fourth-order valence-corrected chi connectivity index (χ4v) is 2.58. The summed E-state index contributed by atoms with van der Waals surface area (Å²) in [6.07, 6.45) is 2.11. The van der Waals surface area contributed by atoms with Crippen molar-refractivity contribution < 1.29 is 14.1 Å². The minimum absolute atomic E-state index is 0.0744. The van der Waals surface area contributed by atoms with Crippen molar-refractivity contribution in [2.45, 2.75) is 12.8 Å². The molecule has 3 aromatic rings. The number of aromatic nitrogens is 1. The molecular formula is C18H14BrN3O4. The molecule has 26 heavy (non-hydrogen) atoms. The Morgan fingerprint density at radius 2 is 2.00 bits per heavy atom. The van der Waals surface area contributed by atoms with Crippen molar-refractivity contribution in [1.29, 1.82) is 0 Å². The van der Waals surface area contributed by atoms with Gasteiger partial charge in [0.15, 0.2) is 11.7 Å². The zero-order valence-electron chi connectivity index (χ0n) is 13.5. The third-order valence-electron chi connectivity index (χ3n) is 3.59. The maximum atomic E-state index is 12.0. The Kier molecular flexibility index (Phi) is 5.43. The number of anilines is 1. The third-order valence-corrected chi connectivity index (χ3v) is 4.12. The number of carbonyl (C=O) groups is 1. The molecule has 0 fully saturated rings. The molecule has 0 unspecified atom stereocenters. The van der Waals surface area contributed by atoms with Crippen molar-refractivity contribution >= 4 is 33.2 Å². The van der Waals surface area contributed by atoms with E-state index in [-0.39, 0.29) is 18.0 Å². The first-order valence-corrected chi connectivity index (χ1v) is 8.55. The van der Waals surface area contributed by atoms with Gasteiger partial charge >= 0.3 is 0 Å². The molecule has 8 heteroatoms. The molecule has 132 valence electrons. The average Bonchev–Trinajstić information content (AvgIpc) is 3.10. The number of hydrogen-bond acceptors (Lipinski definition) is 5. The summed E-state index contributed by atoms with van der Waals surface area (Å²) in [5.41, 5.74) is 1.20. The minimum atomic E-state index is -0.508. The molecule has 0 saturated heterocycles. The number of benzene rings is 2. The van der Waals surface area contributed by atoms with E-state index in [1.807, 2.05) is 24.3 Å². The van der Waals surface area contributed by atoms with Crippen molar-refractivity contribution in [3.8, 4) is 11.3 Å². The largest absolute Gasteiger partial charge is 0.441 e. The molecule has 0 aliphatic carbocycles. The van der Waals surface area contributed by atoms with Crippen LogP contribution in [0.15, 0.2) is 63.6 Å². The first-order chi connectivity index (χ1) is 12.5. The Hall–Kier alpha value is -3.00. The maximum absolute atomic E-state index is 12.0. The number of rotatable bonds is 6. The number of amides is 1. The Labute approximate surface area is 157 Å². The number of non-ortho nitro benzene ring substituents is 1. The van der Waals surface area contributed by atoms with Crippen LogP contribution >= 0.6 is 15.9 Å². The Balaban J connectivity index is 1.57. The molecule has 0 atom stereocenters. The molecule has 1 heterocycles. The number of nitrogens with one attached hydrogen (secondary N) is 1. The van der Waals surface area contributed by atoms with Gasteiger partial charge in [0.1, 0.15) is 0 Å². The fourth-order valence-electron chi connectivity index (χ4n) is 2.31. The highest BCUT2D eigenvalue weighted by atomic mass is 79.9. The van der Waals surface area contributed by atoms with E-state index >= 15 is 0 Å². The van der Waals surface area contributed by atoms with E-state index in [1.54, 1.807) is 12.3 Å². The molecule has 0 saturated carbocycles. The molecule has 1 N–H and O–H groups in total. The topological polar surface area (TPSA) is 98.3 Å². The van der Waals surface area contributed by atoms with Gasteiger partial charge in [0.2, 0.25) is 5.91 Å². The van der Waals surface area contributed by atoms with Gasteiger partial charge in [0, 0.05) is 40.7 Å². The van der Waals surface area contributed by atoms with Gasteiger partial charge in [0.25, 0.3) is 5.69 Å². The second kappa shape index (κ2) is 7.92. The van der Waals surface area contributed by atoms with E-state index in [1.165, 1.54) is 18.2 Å². The second-order valence-corrected chi connectivity index (χ2v) is 6.40. The van der Waals surface area contributed by atoms with Crippen LogP contribution in [0.3, 0.4) is 0 Å². The number of carbonyl (C=O) groups excluding carboxylic acids is 1. The van der Waals surface area contributed by atoms with E-state index in [9.17, 15) is 14.9 Å². The van der Waals surface area contributed by atoms with Crippen LogP contribution in [0.2, 0.25) is 0 Å². The van der Waals surface area contributed by atoms with Crippen LogP contribution in [-0.4, -0.2) is 15.8 Å². The van der Waals surface area contributed by atoms with Gasteiger partial charge in [0.05, 0.1) is 11.1 Å². The van der Waals surface area contributed by atoms with Crippen LogP contribution in [0, 0.1) is 10.1 Å². The molecular weight excluding hydrogens is 402 g/mol. The smallest absolute Gasteiger partial charge is 0.271 e. The molecule has 0 radical (unpaired) electrons. The molecule has 7 nitrogen and oxygen atoms in total. The molecule has 3 rings (SSSR count). The van der Waals surface area contributed by atoms with Gasteiger partial charge in [-0.25, -0.2) is 4.98 Å². The normalized spacial score (nSPS) is 10.5. The summed E-state index contributed by atoms with van der Waals surface area (Å²) in [4.78, 5) is 26.5. The molecule has 0 aliphatic rings. The van der Waals surface area contributed by atoms with Gasteiger partial charge in [-0.1, -0.05) is 34.1 Å². The highest BCUT2D eigenvalue weighted by Gasteiger charge is 2.11. The number of nitro groups is 1. The second-order valence-electron chi connectivity index (χ2n) is 5.48. The fraction of sp³-hybridized carbons (Fsp3) is 0.111. The van der Waals surface area contributed by atoms with Gasteiger partial charge in [-0.05, 0) is 18.2 Å². The van der Waals surface area contributed by atoms with E-state index in [0.29, 0.717) is 23.8 Å². The van der Waals surface area contributed by atoms with Gasteiger partial charge in [-0.3, -0.25) is 14.9 Å². The van der Waals surface area contributed by atoms with Crippen molar-refractivity contribution in [3.63, 3.8) is 0 Å². The van der Waals surface area contributed by atoms with Crippen LogP contribution in [-0.2, 0) is 11.2 Å². The molecule has 0 spiro atoms. The van der Waals surface area contributed by atoms with Crippen LogP contribution in [0.5, 0.6) is 0 Å². The van der Waals surface area contributed by atoms with E-state index in [0.717, 1.165) is 10.0 Å². The van der Waals surface area contributed by atoms with E-state index < -0.39 is 4.92 Å². The lowest BCUT2D eigenvalue weighted by Gasteiger charge is -2.04. The predicted molar refractivity (Wildman–Crippen MR) is 99.7 cm³/mol. The quantitative estimate of drug-likeness (QED) is 0.468. The lowest BCUT2D eigenvalue weighted by Crippen LogP contribution is -2.12. The summed E-state index contributed by atoms with van der Waals surface area (Å²) in [6.45, 7) is 0. The minimum Gasteiger partial charge on any atom is -0.441 e. The lowest BCUT2D eigenvalue weighted by molar-refractivity contribution is -0.384. The maximum Gasteiger partial charge on any atom is 0.271 e. The standard InChI is InChI=1S/C18H14BrN3O4/c19-13-6-4-12(5-7-13)16-11-20-18(26-16)9-8-17(23)21-14-2-1-3-15(10-14)22(24)25/h1-7,10-11H,8-9H2,(H,21,23). The SMILES string of the molecule is O=C(CCc1ncc(-c2ccc(Br)cc2)o1)Nc1cccc([N+](=O)[O-])c1. The summed E-state index contributed by atoms with van der Waals surface area (Å²) >= 11 is 3.38. The number of nitrogens with zero attached hydrogens (tertiary/aromatic N) is 2. The van der Waals surface area contributed by atoms with Gasteiger partial charge in [-0.2, -0.15) is 0 Å². The van der Waals surface area contributed by atoms with Crippen molar-refractivity contribution in [3.05, 3.63) is 75.2 Å². The number of halogens is 1. The first kappa shape index (κ1) is 17.8. The highest BCUT2D eigenvalue weighted by molar-refractivity contribution is 9.10. The van der Waals surface area contributed by atoms with Crippen LogP contribution < -0.4 is 5.32 Å². The molecule has 2 aromatic carbocycles. The monoisotopic (exact) mass is 415 g/mol. The van der Waals surface area contributed by atoms with Gasteiger partial charge < -0.3 is 9.73 Å². The van der Waals surface area contributed by atoms with Crippen molar-refractivity contribution in [2.24, 2.45) is 0 Å². The van der Waals surface area contributed by atoms with Crippen molar-refractivity contribution in [1.82, 2.24) is 4.98 Å². The highest BCUT2D eigenvalue weighted by Crippen LogP contribution is 2.23. The summed E-state index contributed by atoms with van der Waals surface area (Å²) in [5, 5.41) is 13.4. The average molecular weight is 416 g/mol. The molecule has 1 aromatic heterocycles. The molecule has 1 amide bonds. The Bertz CT molecular complexity index is 938. The predicted octanol–water partition coefficient (Wildman–Crippen LogP) is 4.58. The van der Waals surface area contributed by atoms with Crippen LogP contribution in [0.4, 0.5) is 11.4 Å². The molecule has 0 bridgehead atoms. The first-order valence-electron chi connectivity index (χ1n) is 7.76.